The maximum absolute atomic E-state index is 13.4. The van der Waals surface area contributed by atoms with E-state index in [1.54, 1.807) is 7.11 Å². The predicted octanol–water partition coefficient (Wildman–Crippen LogP) is 3.93. The van der Waals surface area contributed by atoms with E-state index in [-0.39, 0.29) is 5.91 Å². The van der Waals surface area contributed by atoms with Crippen molar-refractivity contribution >= 4 is 11.7 Å². The molecule has 7 nitrogen and oxygen atoms in total. The van der Waals surface area contributed by atoms with Gasteiger partial charge in [-0.15, -0.1) is 0 Å². The summed E-state index contributed by atoms with van der Waals surface area (Å²) in [5, 5.41) is 4.97. The van der Waals surface area contributed by atoms with E-state index in [4.69, 9.17) is 9.84 Å². The molecular weight excluding hydrogens is 450 g/mol. The zero-order chi connectivity index (χ0) is 25.3. The van der Waals surface area contributed by atoms with E-state index in [0.717, 1.165) is 61.9 Å². The van der Waals surface area contributed by atoms with Gasteiger partial charge in [-0.1, -0.05) is 55.5 Å². The molecule has 4 rings (SSSR count). The molecule has 192 valence electrons. The first kappa shape index (κ1) is 25.9. The molecule has 3 aromatic rings. The number of carbonyl (C=O) groups excluding carboxylic acids is 1. The maximum Gasteiger partial charge on any atom is 0.223 e. The van der Waals surface area contributed by atoms with Gasteiger partial charge in [-0.25, -0.2) is 4.68 Å². The van der Waals surface area contributed by atoms with Crippen LogP contribution in [0.25, 0.3) is 5.69 Å². The molecule has 1 fully saturated rings. The molecule has 1 aromatic heterocycles. The van der Waals surface area contributed by atoms with Gasteiger partial charge in [0.2, 0.25) is 5.91 Å². The van der Waals surface area contributed by atoms with E-state index in [9.17, 15) is 4.79 Å². The number of likely N-dealkylation sites (N-methyl/N-ethyl adjacent to an activating group) is 1. The molecule has 0 N–H and O–H groups in total. The average molecular weight is 490 g/mol. The minimum Gasteiger partial charge on any atom is -0.383 e. The van der Waals surface area contributed by atoms with Crippen LogP contribution in [-0.2, 0) is 22.5 Å². The van der Waals surface area contributed by atoms with Crippen LogP contribution >= 0.6 is 0 Å². The number of amides is 1. The maximum atomic E-state index is 13.4. The first-order valence-electron chi connectivity index (χ1n) is 13.0. The van der Waals surface area contributed by atoms with Crippen LogP contribution in [0.5, 0.6) is 0 Å². The summed E-state index contributed by atoms with van der Waals surface area (Å²) in [6.07, 6.45) is 1.21. The van der Waals surface area contributed by atoms with Crippen molar-refractivity contribution in [2.24, 2.45) is 0 Å². The second-order valence-electron chi connectivity index (χ2n) is 9.35. The topological polar surface area (TPSA) is 53.8 Å². The molecule has 7 heteroatoms. The number of aromatic nitrogens is 2. The summed E-state index contributed by atoms with van der Waals surface area (Å²) in [4.78, 5) is 20.3. The molecule has 1 amide bonds. The smallest absolute Gasteiger partial charge is 0.223 e. The summed E-state index contributed by atoms with van der Waals surface area (Å²) >= 11 is 0. The van der Waals surface area contributed by atoms with Gasteiger partial charge in [0.15, 0.2) is 0 Å². The Morgan fingerprint density at radius 3 is 2.31 bits per heavy atom. The standard InChI is InChI=1S/C29H39N5O2/c1-4-31-17-19-32(20-18-31)29-27(24(2)30-34(29)26-13-9-6-10-14-26)23-33(21-22-36-3)28(35)16-15-25-11-7-5-8-12-25/h5-14H,4,15-23H2,1-3H3. The fourth-order valence-corrected chi connectivity index (χ4v) is 4.82. The summed E-state index contributed by atoms with van der Waals surface area (Å²) in [7, 11) is 1.68. The van der Waals surface area contributed by atoms with Gasteiger partial charge in [0.1, 0.15) is 5.82 Å². The van der Waals surface area contributed by atoms with Crippen molar-refractivity contribution in [2.45, 2.75) is 33.2 Å². The monoisotopic (exact) mass is 489 g/mol. The van der Waals surface area contributed by atoms with Crippen LogP contribution in [0.3, 0.4) is 0 Å². The Hall–Kier alpha value is -3.16. The molecular formula is C29H39N5O2. The number of piperazine rings is 1. The van der Waals surface area contributed by atoms with Gasteiger partial charge in [0.05, 0.1) is 24.5 Å². The molecule has 0 aliphatic carbocycles. The lowest BCUT2D eigenvalue weighted by atomic mass is 10.1. The number of hydrogen-bond acceptors (Lipinski definition) is 5. The van der Waals surface area contributed by atoms with Crippen LogP contribution in [0.1, 0.15) is 30.2 Å². The number of anilines is 1. The molecule has 36 heavy (non-hydrogen) atoms. The minimum atomic E-state index is 0.143. The second kappa shape index (κ2) is 12.7. The number of methoxy groups -OCH3 is 1. The highest BCUT2D eigenvalue weighted by molar-refractivity contribution is 5.77. The van der Waals surface area contributed by atoms with Gasteiger partial charge in [-0.05, 0) is 37.6 Å². The van der Waals surface area contributed by atoms with Crippen molar-refractivity contribution in [1.29, 1.82) is 0 Å². The number of para-hydroxylation sites is 1. The number of ether oxygens (including phenoxy) is 1. The second-order valence-corrected chi connectivity index (χ2v) is 9.35. The van der Waals surface area contributed by atoms with Gasteiger partial charge < -0.3 is 19.4 Å². The van der Waals surface area contributed by atoms with Crippen LogP contribution < -0.4 is 4.90 Å². The number of carbonyl (C=O) groups is 1. The van der Waals surface area contributed by atoms with E-state index in [0.29, 0.717) is 26.1 Å². The van der Waals surface area contributed by atoms with E-state index < -0.39 is 0 Å². The fraction of sp³-hybridized carbons (Fsp3) is 0.448. The van der Waals surface area contributed by atoms with Crippen molar-refractivity contribution in [3.63, 3.8) is 0 Å². The van der Waals surface area contributed by atoms with E-state index in [1.165, 1.54) is 5.56 Å². The number of benzene rings is 2. The Morgan fingerprint density at radius 1 is 1.00 bits per heavy atom. The van der Waals surface area contributed by atoms with Crippen LogP contribution in [0.2, 0.25) is 0 Å². The number of nitrogens with zero attached hydrogens (tertiary/aromatic N) is 5. The average Bonchev–Trinajstić information content (AvgIpc) is 3.26. The first-order valence-corrected chi connectivity index (χ1v) is 13.0. The van der Waals surface area contributed by atoms with Crippen molar-refractivity contribution in [3.8, 4) is 5.69 Å². The van der Waals surface area contributed by atoms with E-state index >= 15 is 0 Å². The molecule has 2 heterocycles. The predicted molar refractivity (Wildman–Crippen MR) is 145 cm³/mol. The van der Waals surface area contributed by atoms with Crippen molar-refractivity contribution < 1.29 is 9.53 Å². The molecule has 0 unspecified atom stereocenters. The Labute approximate surface area is 215 Å². The fourth-order valence-electron chi connectivity index (χ4n) is 4.82. The summed E-state index contributed by atoms with van der Waals surface area (Å²) in [5.41, 5.74) is 4.30. The molecule has 0 saturated carbocycles. The van der Waals surface area contributed by atoms with Crippen molar-refractivity contribution in [1.82, 2.24) is 19.6 Å². The lowest BCUT2D eigenvalue weighted by Gasteiger charge is -2.36. The summed E-state index contributed by atoms with van der Waals surface area (Å²) in [5.74, 6) is 1.25. The molecule has 0 bridgehead atoms. The Balaban J connectivity index is 1.62. The number of hydrogen-bond donors (Lipinski definition) is 0. The van der Waals surface area contributed by atoms with Crippen LogP contribution in [-0.4, -0.2) is 78.5 Å². The normalized spacial score (nSPS) is 14.2. The quantitative estimate of drug-likeness (QED) is 0.409. The lowest BCUT2D eigenvalue weighted by Crippen LogP contribution is -2.47. The third-order valence-electron chi connectivity index (χ3n) is 7.01. The zero-order valence-corrected chi connectivity index (χ0v) is 21.9. The van der Waals surface area contributed by atoms with Gasteiger partial charge >= 0.3 is 0 Å². The van der Waals surface area contributed by atoms with E-state index in [2.05, 4.69) is 52.6 Å². The van der Waals surface area contributed by atoms with E-state index in [1.807, 2.05) is 41.3 Å². The summed E-state index contributed by atoms with van der Waals surface area (Å²) in [6.45, 7) is 10.9. The molecule has 1 saturated heterocycles. The molecule has 1 aliphatic heterocycles. The Bertz CT molecular complexity index is 1090. The van der Waals surface area contributed by atoms with Crippen molar-refractivity contribution in [3.05, 3.63) is 77.5 Å². The highest BCUT2D eigenvalue weighted by Crippen LogP contribution is 2.30. The summed E-state index contributed by atoms with van der Waals surface area (Å²) in [6, 6.07) is 20.5. The lowest BCUT2D eigenvalue weighted by molar-refractivity contribution is -0.132. The molecule has 0 radical (unpaired) electrons. The van der Waals surface area contributed by atoms with Crippen LogP contribution in [0.4, 0.5) is 5.82 Å². The van der Waals surface area contributed by atoms with Crippen molar-refractivity contribution in [2.75, 3.05) is 57.9 Å². The summed E-state index contributed by atoms with van der Waals surface area (Å²) < 4.78 is 7.43. The highest BCUT2D eigenvalue weighted by Gasteiger charge is 2.27. The Morgan fingerprint density at radius 2 is 1.67 bits per heavy atom. The molecule has 2 aromatic carbocycles. The number of aryl methyl sites for hydroxylation is 2. The molecule has 0 atom stereocenters. The number of rotatable bonds is 11. The minimum absolute atomic E-state index is 0.143. The van der Waals surface area contributed by atoms with Crippen LogP contribution in [0, 0.1) is 6.92 Å². The third kappa shape index (κ3) is 6.33. The molecule has 0 spiro atoms. The third-order valence-corrected chi connectivity index (χ3v) is 7.01. The largest absolute Gasteiger partial charge is 0.383 e. The zero-order valence-electron chi connectivity index (χ0n) is 21.9. The first-order chi connectivity index (χ1) is 17.6. The van der Waals surface area contributed by atoms with Gasteiger partial charge in [0.25, 0.3) is 0 Å². The highest BCUT2D eigenvalue weighted by atomic mass is 16.5. The van der Waals surface area contributed by atoms with Crippen LogP contribution in [0.15, 0.2) is 60.7 Å². The molecule has 1 aliphatic rings. The van der Waals surface area contributed by atoms with Gasteiger partial charge in [0, 0.05) is 51.8 Å². The SMILES string of the molecule is CCN1CCN(c2c(CN(CCOC)C(=O)CCc3ccccc3)c(C)nn2-c2ccccc2)CC1. The van der Waals surface area contributed by atoms with Gasteiger partial charge in [-0.3, -0.25) is 4.79 Å². The Kier molecular flexibility index (Phi) is 9.14. The van der Waals surface area contributed by atoms with Gasteiger partial charge in [-0.2, -0.15) is 5.10 Å².